The third-order valence-corrected chi connectivity index (χ3v) is 4.21. The van der Waals surface area contributed by atoms with Gasteiger partial charge in [0.2, 0.25) is 0 Å². The second-order valence-corrected chi connectivity index (χ2v) is 5.91. The van der Waals surface area contributed by atoms with Crippen molar-refractivity contribution in [2.24, 2.45) is 5.10 Å². The van der Waals surface area contributed by atoms with Crippen molar-refractivity contribution in [2.75, 3.05) is 5.01 Å². The highest BCUT2D eigenvalue weighted by atomic mass is 19.1. The van der Waals surface area contributed by atoms with Crippen LogP contribution in [0.5, 0.6) is 0 Å². The third-order valence-electron chi connectivity index (χ3n) is 4.21. The topological polar surface area (TPSA) is 28.7 Å². The highest BCUT2D eigenvalue weighted by Crippen LogP contribution is 2.36. The number of hydrogen-bond donors (Lipinski definition) is 0. The molecule has 0 radical (unpaired) electrons. The van der Waals surface area contributed by atoms with Gasteiger partial charge in [0.05, 0.1) is 11.7 Å². The Kier molecular flexibility index (Phi) is 3.65. The second kappa shape index (κ2) is 5.96. The molecule has 1 aliphatic heterocycles. The van der Waals surface area contributed by atoms with Crippen LogP contribution in [-0.2, 0) is 0 Å². The van der Waals surface area contributed by atoms with Gasteiger partial charge < -0.3 is 4.42 Å². The van der Waals surface area contributed by atoms with Crippen molar-refractivity contribution >= 4 is 11.4 Å². The zero-order valence-electron chi connectivity index (χ0n) is 13.3. The molecule has 1 aliphatic rings. The van der Waals surface area contributed by atoms with Crippen LogP contribution in [0.15, 0.2) is 76.2 Å². The molecule has 0 saturated heterocycles. The second-order valence-electron chi connectivity index (χ2n) is 5.91. The summed E-state index contributed by atoms with van der Waals surface area (Å²) in [4.78, 5) is 0. The average Bonchev–Trinajstić information content (AvgIpc) is 3.23. The minimum atomic E-state index is -0.231. The Morgan fingerprint density at radius 2 is 1.75 bits per heavy atom. The quantitative estimate of drug-likeness (QED) is 0.673. The van der Waals surface area contributed by atoms with Crippen LogP contribution >= 0.6 is 0 Å². The van der Waals surface area contributed by atoms with E-state index in [1.54, 1.807) is 0 Å². The molecule has 0 bridgehead atoms. The lowest BCUT2D eigenvalue weighted by Crippen LogP contribution is -2.18. The summed E-state index contributed by atoms with van der Waals surface area (Å²) in [5.41, 5.74) is 2.94. The summed E-state index contributed by atoms with van der Waals surface area (Å²) in [6.45, 7) is 1.92. The minimum absolute atomic E-state index is 0.0217. The molecule has 0 aliphatic carbocycles. The number of anilines is 1. The fourth-order valence-electron chi connectivity index (χ4n) is 3.01. The van der Waals surface area contributed by atoms with Crippen LogP contribution in [0.1, 0.15) is 29.5 Å². The first kappa shape index (κ1) is 14.7. The number of nitrogens with zero attached hydrogens (tertiary/aromatic N) is 2. The SMILES string of the molecule is Cc1ccc(C2=NN(c3ccccc3)[C@@H](c3ccc(F)cc3)C2)o1. The van der Waals surface area contributed by atoms with Crippen molar-refractivity contribution < 1.29 is 8.81 Å². The fraction of sp³-hybridized carbons (Fsp3) is 0.150. The molecule has 1 aromatic heterocycles. The molecule has 24 heavy (non-hydrogen) atoms. The lowest BCUT2D eigenvalue weighted by Gasteiger charge is -2.23. The summed E-state index contributed by atoms with van der Waals surface area (Å²) in [5.74, 6) is 1.42. The van der Waals surface area contributed by atoms with Crippen LogP contribution in [0, 0.1) is 12.7 Å². The van der Waals surface area contributed by atoms with E-state index < -0.39 is 0 Å². The van der Waals surface area contributed by atoms with Gasteiger partial charge in [-0.1, -0.05) is 30.3 Å². The van der Waals surface area contributed by atoms with Gasteiger partial charge in [-0.05, 0) is 48.9 Å². The van der Waals surface area contributed by atoms with E-state index in [0.29, 0.717) is 6.42 Å². The molecule has 120 valence electrons. The number of hydrogen-bond acceptors (Lipinski definition) is 3. The predicted molar refractivity (Wildman–Crippen MR) is 92.7 cm³/mol. The van der Waals surface area contributed by atoms with Crippen LogP contribution in [0.25, 0.3) is 0 Å². The number of hydrazone groups is 1. The first-order valence-electron chi connectivity index (χ1n) is 7.95. The zero-order chi connectivity index (χ0) is 16.5. The largest absolute Gasteiger partial charge is 0.460 e. The molecule has 0 N–H and O–H groups in total. The normalized spacial score (nSPS) is 17.2. The van der Waals surface area contributed by atoms with Crippen molar-refractivity contribution in [1.29, 1.82) is 0 Å². The Hall–Kier alpha value is -2.88. The molecule has 3 nitrogen and oxygen atoms in total. The summed E-state index contributed by atoms with van der Waals surface area (Å²) in [6.07, 6.45) is 0.716. The van der Waals surface area contributed by atoms with Gasteiger partial charge in [-0.25, -0.2) is 4.39 Å². The molecule has 0 spiro atoms. The summed E-state index contributed by atoms with van der Waals surface area (Å²) in [6, 6.07) is 20.5. The summed E-state index contributed by atoms with van der Waals surface area (Å²) >= 11 is 0. The molecule has 2 heterocycles. The van der Waals surface area contributed by atoms with Crippen molar-refractivity contribution in [3.05, 3.63) is 89.6 Å². The number of halogens is 1. The van der Waals surface area contributed by atoms with Crippen molar-refractivity contribution in [1.82, 2.24) is 0 Å². The smallest absolute Gasteiger partial charge is 0.150 e. The highest BCUT2D eigenvalue weighted by Gasteiger charge is 2.31. The van der Waals surface area contributed by atoms with E-state index in [2.05, 4.69) is 0 Å². The number of benzene rings is 2. The van der Waals surface area contributed by atoms with Crippen molar-refractivity contribution in [3.8, 4) is 0 Å². The number of rotatable bonds is 3. The van der Waals surface area contributed by atoms with Gasteiger partial charge >= 0.3 is 0 Å². The summed E-state index contributed by atoms with van der Waals surface area (Å²) < 4.78 is 19.0. The van der Waals surface area contributed by atoms with E-state index in [-0.39, 0.29) is 11.9 Å². The number of aryl methyl sites for hydroxylation is 1. The monoisotopic (exact) mass is 320 g/mol. The molecule has 1 atom stereocenters. The lowest BCUT2D eigenvalue weighted by molar-refractivity contribution is 0.524. The number of para-hydroxylation sites is 1. The Labute approximate surface area is 140 Å². The molecule has 0 unspecified atom stereocenters. The van der Waals surface area contributed by atoms with Crippen LogP contribution in [-0.4, -0.2) is 5.71 Å². The van der Waals surface area contributed by atoms with Crippen molar-refractivity contribution in [2.45, 2.75) is 19.4 Å². The predicted octanol–water partition coefficient (Wildman–Crippen LogP) is 5.08. The summed E-state index contributed by atoms with van der Waals surface area (Å²) in [7, 11) is 0. The van der Waals surface area contributed by atoms with Gasteiger partial charge in [-0.2, -0.15) is 5.10 Å². The van der Waals surface area contributed by atoms with Crippen molar-refractivity contribution in [3.63, 3.8) is 0 Å². The third kappa shape index (κ3) is 2.71. The van der Waals surface area contributed by atoms with Crippen LogP contribution in [0.3, 0.4) is 0 Å². The van der Waals surface area contributed by atoms with E-state index >= 15 is 0 Å². The molecule has 0 amide bonds. The maximum absolute atomic E-state index is 13.3. The van der Waals surface area contributed by atoms with E-state index in [0.717, 1.165) is 28.5 Å². The molecular weight excluding hydrogens is 303 g/mol. The molecular formula is C20H17FN2O. The van der Waals surface area contributed by atoms with Gasteiger partial charge in [-0.15, -0.1) is 0 Å². The first-order chi connectivity index (χ1) is 11.7. The van der Waals surface area contributed by atoms with Gasteiger partial charge in [-0.3, -0.25) is 5.01 Å². The first-order valence-corrected chi connectivity index (χ1v) is 7.95. The standard InChI is InChI=1S/C20H17FN2O/c1-14-7-12-20(24-14)18-13-19(15-8-10-16(21)11-9-15)23(22-18)17-5-3-2-4-6-17/h2-12,19H,13H2,1H3/t19-/m1/s1. The molecule has 4 rings (SSSR count). The van der Waals surface area contributed by atoms with Crippen LogP contribution < -0.4 is 5.01 Å². The maximum Gasteiger partial charge on any atom is 0.150 e. The molecule has 4 heteroatoms. The lowest BCUT2D eigenvalue weighted by atomic mass is 10.0. The van der Waals surface area contributed by atoms with Gasteiger partial charge in [0, 0.05) is 6.42 Å². The Balaban J connectivity index is 1.74. The molecule has 0 fully saturated rings. The average molecular weight is 320 g/mol. The van der Waals surface area contributed by atoms with Crippen LogP contribution in [0.4, 0.5) is 10.1 Å². The Bertz CT molecular complexity index is 868. The van der Waals surface area contributed by atoms with E-state index in [1.165, 1.54) is 12.1 Å². The van der Waals surface area contributed by atoms with Gasteiger partial charge in [0.1, 0.15) is 23.0 Å². The maximum atomic E-state index is 13.3. The van der Waals surface area contributed by atoms with E-state index in [4.69, 9.17) is 9.52 Å². The molecule has 3 aromatic rings. The van der Waals surface area contributed by atoms with Crippen LogP contribution in [0.2, 0.25) is 0 Å². The van der Waals surface area contributed by atoms with E-state index in [1.807, 2.05) is 66.5 Å². The van der Waals surface area contributed by atoms with Gasteiger partial charge in [0.15, 0.2) is 0 Å². The highest BCUT2D eigenvalue weighted by molar-refractivity contribution is 6.01. The summed E-state index contributed by atoms with van der Waals surface area (Å²) in [5, 5.41) is 6.77. The zero-order valence-corrected chi connectivity index (χ0v) is 13.3. The fourth-order valence-corrected chi connectivity index (χ4v) is 3.01. The number of furan rings is 1. The molecule has 0 saturated carbocycles. The van der Waals surface area contributed by atoms with E-state index in [9.17, 15) is 4.39 Å². The minimum Gasteiger partial charge on any atom is -0.460 e. The Morgan fingerprint density at radius 3 is 2.42 bits per heavy atom. The Morgan fingerprint density at radius 1 is 1.00 bits per heavy atom. The molecule has 2 aromatic carbocycles. The van der Waals surface area contributed by atoms with Gasteiger partial charge in [0.25, 0.3) is 0 Å².